The molecule has 1 heterocycles. The molecule has 0 bridgehead atoms. The van der Waals surface area contributed by atoms with Crippen LogP contribution in [0.2, 0.25) is 0 Å². The van der Waals surface area contributed by atoms with Gasteiger partial charge in [0.25, 0.3) is 5.91 Å². The summed E-state index contributed by atoms with van der Waals surface area (Å²) >= 11 is 1.60. The van der Waals surface area contributed by atoms with Gasteiger partial charge < -0.3 is 14.4 Å². The van der Waals surface area contributed by atoms with Crippen LogP contribution in [-0.2, 0) is 14.3 Å². The average Bonchev–Trinajstić information content (AvgIpc) is 2.76. The van der Waals surface area contributed by atoms with Crippen LogP contribution >= 0.6 is 11.3 Å². The van der Waals surface area contributed by atoms with E-state index in [9.17, 15) is 9.59 Å². The fourth-order valence-corrected chi connectivity index (χ4v) is 2.77. The highest BCUT2D eigenvalue weighted by Crippen LogP contribution is 2.22. The normalized spacial score (nSPS) is 10.4. The summed E-state index contributed by atoms with van der Waals surface area (Å²) in [7, 11) is 2.93. The molecule has 1 aromatic heterocycles. The largest absolute Gasteiger partial charge is 0.469 e. The van der Waals surface area contributed by atoms with Crippen LogP contribution in [0.4, 0.5) is 0 Å². The monoisotopic (exact) mass is 299 g/mol. The lowest BCUT2D eigenvalue weighted by Crippen LogP contribution is -2.36. The van der Waals surface area contributed by atoms with Gasteiger partial charge in [-0.25, -0.2) is 0 Å². The molecule has 0 radical (unpaired) electrons. The van der Waals surface area contributed by atoms with Crippen molar-refractivity contribution in [2.45, 2.75) is 20.3 Å². The lowest BCUT2D eigenvalue weighted by molar-refractivity contribution is -0.140. The lowest BCUT2D eigenvalue weighted by Gasteiger charge is -2.21. The van der Waals surface area contributed by atoms with Gasteiger partial charge in [0.15, 0.2) is 0 Å². The molecule has 0 saturated carbocycles. The Balaban J connectivity index is 2.78. The molecule has 0 aliphatic heterocycles. The summed E-state index contributed by atoms with van der Waals surface area (Å²) in [4.78, 5) is 27.5. The molecule has 6 heteroatoms. The first kappa shape index (κ1) is 16.7. The summed E-state index contributed by atoms with van der Waals surface area (Å²) < 4.78 is 9.63. The Morgan fingerprint density at radius 2 is 1.95 bits per heavy atom. The number of carbonyl (C=O) groups is 2. The van der Waals surface area contributed by atoms with Gasteiger partial charge in [-0.15, -0.1) is 11.3 Å². The minimum atomic E-state index is -0.321. The second-order valence-corrected chi connectivity index (χ2v) is 5.90. The highest BCUT2D eigenvalue weighted by molar-refractivity contribution is 7.12. The molecule has 0 atom stereocenters. The molecule has 0 N–H and O–H groups in total. The van der Waals surface area contributed by atoms with Crippen LogP contribution in [0.5, 0.6) is 0 Å². The molecule has 0 aliphatic carbocycles. The van der Waals surface area contributed by atoms with Gasteiger partial charge in [-0.05, 0) is 19.9 Å². The molecule has 0 unspecified atom stereocenters. The average molecular weight is 299 g/mol. The van der Waals surface area contributed by atoms with E-state index in [1.165, 1.54) is 7.11 Å². The molecule has 1 rings (SSSR count). The standard InChI is InChI=1S/C14H21NO4S/c1-10-9-12(11(2)20-10)14(17)15(7-8-18-3)6-5-13(16)19-4/h9H,5-8H2,1-4H3. The van der Waals surface area contributed by atoms with E-state index in [0.717, 1.165) is 9.75 Å². The van der Waals surface area contributed by atoms with Crippen molar-refractivity contribution in [1.29, 1.82) is 0 Å². The summed E-state index contributed by atoms with van der Waals surface area (Å²) in [6.07, 6.45) is 0.189. The Kier molecular flexibility index (Phi) is 6.67. The van der Waals surface area contributed by atoms with Crippen LogP contribution in [0.1, 0.15) is 26.5 Å². The van der Waals surface area contributed by atoms with E-state index in [-0.39, 0.29) is 18.3 Å². The van der Waals surface area contributed by atoms with Gasteiger partial charge in [0.1, 0.15) is 0 Å². The molecule has 20 heavy (non-hydrogen) atoms. The Bertz CT molecular complexity index is 470. The number of hydrogen-bond acceptors (Lipinski definition) is 5. The first-order valence-electron chi connectivity index (χ1n) is 6.41. The number of ether oxygens (including phenoxy) is 2. The second-order valence-electron chi connectivity index (χ2n) is 4.44. The smallest absolute Gasteiger partial charge is 0.307 e. The predicted molar refractivity (Wildman–Crippen MR) is 78.2 cm³/mol. The molecule has 5 nitrogen and oxygen atoms in total. The number of carbonyl (C=O) groups excluding carboxylic acids is 2. The van der Waals surface area contributed by atoms with E-state index in [0.29, 0.717) is 25.3 Å². The topological polar surface area (TPSA) is 55.8 Å². The van der Waals surface area contributed by atoms with Crippen molar-refractivity contribution in [2.24, 2.45) is 0 Å². The number of methoxy groups -OCH3 is 2. The number of aryl methyl sites for hydroxylation is 2. The van der Waals surface area contributed by atoms with Gasteiger partial charge in [0, 0.05) is 30.0 Å². The van der Waals surface area contributed by atoms with Crippen LogP contribution in [-0.4, -0.2) is 50.7 Å². The number of esters is 1. The molecular weight excluding hydrogens is 278 g/mol. The van der Waals surface area contributed by atoms with Gasteiger partial charge in [-0.3, -0.25) is 9.59 Å². The summed E-state index contributed by atoms with van der Waals surface area (Å²) in [5.41, 5.74) is 0.702. The quantitative estimate of drug-likeness (QED) is 0.723. The minimum Gasteiger partial charge on any atom is -0.469 e. The van der Waals surface area contributed by atoms with E-state index in [1.54, 1.807) is 23.3 Å². The van der Waals surface area contributed by atoms with Crippen molar-refractivity contribution in [2.75, 3.05) is 33.9 Å². The zero-order valence-corrected chi connectivity index (χ0v) is 13.2. The van der Waals surface area contributed by atoms with Crippen molar-refractivity contribution in [1.82, 2.24) is 4.90 Å². The Labute approximate surface area is 123 Å². The summed E-state index contributed by atoms with van der Waals surface area (Å²) in [5, 5.41) is 0. The maximum absolute atomic E-state index is 12.5. The Morgan fingerprint density at radius 3 is 2.45 bits per heavy atom. The zero-order chi connectivity index (χ0) is 15.1. The molecule has 0 fully saturated rings. The molecule has 1 aromatic rings. The zero-order valence-electron chi connectivity index (χ0n) is 12.4. The van der Waals surface area contributed by atoms with E-state index in [4.69, 9.17) is 4.74 Å². The Hall–Kier alpha value is -1.40. The van der Waals surface area contributed by atoms with Crippen LogP contribution in [0.25, 0.3) is 0 Å². The van der Waals surface area contributed by atoms with Crippen molar-refractivity contribution in [3.05, 3.63) is 21.4 Å². The minimum absolute atomic E-state index is 0.0622. The molecule has 0 saturated heterocycles. The van der Waals surface area contributed by atoms with Gasteiger partial charge in [-0.1, -0.05) is 0 Å². The van der Waals surface area contributed by atoms with E-state index in [2.05, 4.69) is 4.74 Å². The summed E-state index contributed by atoms with van der Waals surface area (Å²) in [6.45, 7) is 5.14. The predicted octanol–water partition coefficient (Wildman–Crippen LogP) is 2.02. The van der Waals surface area contributed by atoms with E-state index >= 15 is 0 Å². The van der Waals surface area contributed by atoms with E-state index in [1.807, 2.05) is 19.9 Å². The second kappa shape index (κ2) is 8.01. The first-order valence-corrected chi connectivity index (χ1v) is 7.23. The number of rotatable bonds is 7. The van der Waals surface area contributed by atoms with Crippen molar-refractivity contribution in [3.8, 4) is 0 Å². The Morgan fingerprint density at radius 1 is 1.25 bits per heavy atom. The SMILES string of the molecule is COCCN(CCC(=O)OC)C(=O)c1cc(C)sc1C. The van der Waals surface area contributed by atoms with Gasteiger partial charge >= 0.3 is 5.97 Å². The molecule has 0 aromatic carbocycles. The third kappa shape index (κ3) is 4.61. The fraction of sp³-hybridized carbons (Fsp3) is 0.571. The number of amides is 1. The molecule has 0 spiro atoms. The van der Waals surface area contributed by atoms with Crippen molar-refractivity contribution < 1.29 is 19.1 Å². The number of hydrogen-bond donors (Lipinski definition) is 0. The highest BCUT2D eigenvalue weighted by atomic mass is 32.1. The van der Waals surface area contributed by atoms with Gasteiger partial charge in [-0.2, -0.15) is 0 Å². The number of thiophene rings is 1. The molecular formula is C14H21NO4S. The van der Waals surface area contributed by atoms with E-state index < -0.39 is 0 Å². The first-order chi connectivity index (χ1) is 9.49. The van der Waals surface area contributed by atoms with Crippen LogP contribution in [0.15, 0.2) is 6.07 Å². The van der Waals surface area contributed by atoms with Gasteiger partial charge in [0.2, 0.25) is 0 Å². The highest BCUT2D eigenvalue weighted by Gasteiger charge is 2.20. The fourth-order valence-electron chi connectivity index (χ4n) is 1.86. The van der Waals surface area contributed by atoms with Crippen molar-refractivity contribution in [3.63, 3.8) is 0 Å². The maximum Gasteiger partial charge on any atom is 0.307 e. The summed E-state index contributed by atoms with van der Waals surface area (Å²) in [5.74, 6) is -0.383. The maximum atomic E-state index is 12.5. The number of nitrogens with zero attached hydrogens (tertiary/aromatic N) is 1. The third-order valence-corrected chi connectivity index (χ3v) is 3.90. The molecule has 0 aliphatic rings. The van der Waals surface area contributed by atoms with Crippen LogP contribution < -0.4 is 0 Å². The summed E-state index contributed by atoms with van der Waals surface area (Å²) in [6, 6.07) is 1.89. The van der Waals surface area contributed by atoms with Crippen LogP contribution in [0.3, 0.4) is 0 Å². The lowest BCUT2D eigenvalue weighted by atomic mass is 10.2. The van der Waals surface area contributed by atoms with Gasteiger partial charge in [0.05, 0.1) is 25.7 Å². The molecule has 112 valence electrons. The molecule has 1 amide bonds. The third-order valence-electron chi connectivity index (χ3n) is 2.94. The van der Waals surface area contributed by atoms with Crippen LogP contribution in [0, 0.1) is 13.8 Å². The van der Waals surface area contributed by atoms with Crippen molar-refractivity contribution >= 4 is 23.2 Å².